The van der Waals surface area contributed by atoms with Crippen LogP contribution in [0.2, 0.25) is 0 Å². The quantitative estimate of drug-likeness (QED) is 0.635. The number of hydrogen-bond donors (Lipinski definition) is 1. The Morgan fingerprint density at radius 2 is 1.71 bits per heavy atom. The molecule has 1 heterocycles. The molecule has 1 aliphatic heterocycles. The van der Waals surface area contributed by atoms with Crippen molar-refractivity contribution in [3.63, 3.8) is 0 Å². The van der Waals surface area contributed by atoms with E-state index in [9.17, 15) is 9.59 Å². The van der Waals surface area contributed by atoms with Crippen LogP contribution in [0.4, 0.5) is 5.69 Å². The molecule has 0 fully saturated rings. The molecule has 0 unspecified atom stereocenters. The van der Waals surface area contributed by atoms with E-state index >= 15 is 0 Å². The Morgan fingerprint density at radius 1 is 1.00 bits per heavy atom. The first kappa shape index (κ1) is 18.3. The first-order valence-corrected chi connectivity index (χ1v) is 9.38. The second kappa shape index (κ2) is 7.15. The standard InChI is InChI=1S/C23H23NO4/c1-13-7-12-18(23(26)28-3)19-16-5-4-6-17(16)21(24-20(13)19)14-8-10-15(11-9-14)22(25)27-2/h4-5,7-12,16-17,21,24H,6H2,1-3H3/t16-,17+,21-/m0/s1. The highest BCUT2D eigenvalue weighted by Crippen LogP contribution is 2.51. The van der Waals surface area contributed by atoms with Crippen molar-refractivity contribution < 1.29 is 19.1 Å². The molecular formula is C23H23NO4. The van der Waals surface area contributed by atoms with Crippen molar-refractivity contribution >= 4 is 17.6 Å². The first-order valence-electron chi connectivity index (χ1n) is 9.38. The summed E-state index contributed by atoms with van der Waals surface area (Å²) in [5.74, 6) is -0.206. The summed E-state index contributed by atoms with van der Waals surface area (Å²) >= 11 is 0. The van der Waals surface area contributed by atoms with Crippen molar-refractivity contribution in [3.05, 3.63) is 76.4 Å². The Bertz CT molecular complexity index is 961. The molecule has 3 atom stereocenters. The van der Waals surface area contributed by atoms with Crippen LogP contribution in [0.5, 0.6) is 0 Å². The van der Waals surface area contributed by atoms with Gasteiger partial charge in [-0.2, -0.15) is 0 Å². The average Bonchev–Trinajstić information content (AvgIpc) is 3.22. The van der Waals surface area contributed by atoms with Crippen LogP contribution >= 0.6 is 0 Å². The second-order valence-corrected chi connectivity index (χ2v) is 7.30. The van der Waals surface area contributed by atoms with Crippen molar-refractivity contribution in [3.8, 4) is 0 Å². The van der Waals surface area contributed by atoms with Crippen LogP contribution < -0.4 is 5.32 Å². The molecule has 2 aromatic rings. The first-order chi connectivity index (χ1) is 13.5. The van der Waals surface area contributed by atoms with Gasteiger partial charge >= 0.3 is 11.9 Å². The number of rotatable bonds is 3. The van der Waals surface area contributed by atoms with Gasteiger partial charge in [-0.3, -0.25) is 0 Å². The van der Waals surface area contributed by atoms with Crippen molar-refractivity contribution in [1.29, 1.82) is 0 Å². The highest BCUT2D eigenvalue weighted by molar-refractivity contribution is 5.94. The highest BCUT2D eigenvalue weighted by Gasteiger charge is 2.40. The van der Waals surface area contributed by atoms with Crippen molar-refractivity contribution in [2.75, 3.05) is 19.5 Å². The summed E-state index contributed by atoms with van der Waals surface area (Å²) in [6.45, 7) is 2.04. The lowest BCUT2D eigenvalue weighted by Gasteiger charge is -2.39. The van der Waals surface area contributed by atoms with E-state index < -0.39 is 0 Å². The third-order valence-electron chi connectivity index (χ3n) is 5.82. The van der Waals surface area contributed by atoms with Crippen molar-refractivity contribution in [2.45, 2.75) is 25.3 Å². The molecule has 0 amide bonds. The van der Waals surface area contributed by atoms with E-state index in [1.165, 1.54) is 14.2 Å². The predicted octanol–water partition coefficient (Wildman–Crippen LogP) is 4.39. The van der Waals surface area contributed by atoms with Gasteiger partial charge in [0, 0.05) is 11.6 Å². The molecule has 144 valence electrons. The maximum absolute atomic E-state index is 12.3. The lowest BCUT2D eigenvalue weighted by Crippen LogP contribution is -2.31. The summed E-state index contributed by atoms with van der Waals surface area (Å²) in [4.78, 5) is 24.1. The number of anilines is 1. The lowest BCUT2D eigenvalue weighted by atomic mass is 9.74. The molecule has 0 saturated carbocycles. The zero-order valence-electron chi connectivity index (χ0n) is 16.2. The number of methoxy groups -OCH3 is 2. The third-order valence-corrected chi connectivity index (χ3v) is 5.82. The zero-order valence-corrected chi connectivity index (χ0v) is 16.2. The van der Waals surface area contributed by atoms with Gasteiger partial charge in [0.2, 0.25) is 0 Å². The summed E-state index contributed by atoms with van der Waals surface area (Å²) in [5, 5.41) is 3.67. The van der Waals surface area contributed by atoms with Gasteiger partial charge in [0.15, 0.2) is 0 Å². The van der Waals surface area contributed by atoms with Gasteiger partial charge in [-0.05, 0) is 54.2 Å². The van der Waals surface area contributed by atoms with Crippen LogP contribution in [-0.4, -0.2) is 26.2 Å². The monoisotopic (exact) mass is 377 g/mol. The largest absolute Gasteiger partial charge is 0.465 e. The summed E-state index contributed by atoms with van der Waals surface area (Å²) in [5.41, 5.74) is 5.38. The molecule has 28 heavy (non-hydrogen) atoms. The molecule has 5 heteroatoms. The van der Waals surface area contributed by atoms with Gasteiger partial charge in [-0.1, -0.05) is 30.4 Å². The highest BCUT2D eigenvalue weighted by atomic mass is 16.5. The van der Waals surface area contributed by atoms with Crippen LogP contribution in [0.1, 0.15) is 55.8 Å². The molecule has 0 bridgehead atoms. The van der Waals surface area contributed by atoms with Crippen LogP contribution in [0.3, 0.4) is 0 Å². The normalized spacial score (nSPS) is 22.0. The number of fused-ring (bicyclic) bond motifs is 3. The third kappa shape index (κ3) is 2.87. The van der Waals surface area contributed by atoms with Gasteiger partial charge in [-0.15, -0.1) is 0 Å². The lowest BCUT2D eigenvalue weighted by molar-refractivity contribution is 0.0591. The fourth-order valence-electron chi connectivity index (χ4n) is 4.42. The minimum atomic E-state index is -0.340. The molecule has 0 saturated heterocycles. The molecule has 0 radical (unpaired) electrons. The van der Waals surface area contributed by atoms with Crippen LogP contribution in [0, 0.1) is 12.8 Å². The van der Waals surface area contributed by atoms with Gasteiger partial charge in [-0.25, -0.2) is 9.59 Å². The van der Waals surface area contributed by atoms with E-state index in [-0.39, 0.29) is 23.9 Å². The number of nitrogens with one attached hydrogen (secondary N) is 1. The minimum absolute atomic E-state index is 0.0887. The maximum atomic E-state index is 12.3. The number of carbonyl (C=O) groups is 2. The summed E-state index contributed by atoms with van der Waals surface area (Å²) in [6, 6.07) is 11.4. The predicted molar refractivity (Wildman–Crippen MR) is 107 cm³/mol. The molecule has 2 aliphatic rings. The summed E-state index contributed by atoms with van der Waals surface area (Å²) in [7, 11) is 2.80. The summed E-state index contributed by atoms with van der Waals surface area (Å²) in [6.07, 6.45) is 5.31. The topological polar surface area (TPSA) is 64.6 Å². The number of esters is 2. The van der Waals surface area contributed by atoms with E-state index in [0.29, 0.717) is 17.0 Å². The van der Waals surface area contributed by atoms with Crippen LogP contribution in [0.25, 0.3) is 0 Å². The molecule has 1 N–H and O–H groups in total. The number of ether oxygens (including phenoxy) is 2. The Labute approximate surface area is 164 Å². The number of aryl methyl sites for hydroxylation is 1. The van der Waals surface area contributed by atoms with Crippen molar-refractivity contribution in [1.82, 2.24) is 0 Å². The van der Waals surface area contributed by atoms with E-state index in [4.69, 9.17) is 9.47 Å². The maximum Gasteiger partial charge on any atom is 0.338 e. The van der Waals surface area contributed by atoms with Gasteiger partial charge in [0.1, 0.15) is 0 Å². The van der Waals surface area contributed by atoms with Crippen LogP contribution in [0.15, 0.2) is 48.6 Å². The fraction of sp³-hybridized carbons (Fsp3) is 0.304. The summed E-state index contributed by atoms with van der Waals surface area (Å²) < 4.78 is 9.80. The molecule has 2 aromatic carbocycles. The van der Waals surface area contributed by atoms with Gasteiger partial charge in [0.25, 0.3) is 0 Å². The Kier molecular flexibility index (Phi) is 4.67. The van der Waals surface area contributed by atoms with Crippen LogP contribution in [-0.2, 0) is 9.47 Å². The fourth-order valence-corrected chi connectivity index (χ4v) is 4.42. The molecule has 5 nitrogen and oxygen atoms in total. The minimum Gasteiger partial charge on any atom is -0.465 e. The molecule has 4 rings (SSSR count). The zero-order chi connectivity index (χ0) is 19.8. The van der Waals surface area contributed by atoms with E-state index in [0.717, 1.165) is 28.8 Å². The number of benzene rings is 2. The second-order valence-electron chi connectivity index (χ2n) is 7.30. The Balaban J connectivity index is 1.77. The molecule has 0 spiro atoms. The van der Waals surface area contributed by atoms with Gasteiger partial charge < -0.3 is 14.8 Å². The molecular weight excluding hydrogens is 354 g/mol. The SMILES string of the molecule is COC(=O)c1ccc([C@@H]2Nc3c(C)ccc(C(=O)OC)c3[C@H]3C=CC[C@H]32)cc1. The number of carbonyl (C=O) groups excluding carboxylic acids is 2. The van der Waals surface area contributed by atoms with E-state index in [2.05, 4.69) is 17.5 Å². The molecule has 1 aliphatic carbocycles. The number of allylic oxidation sites excluding steroid dienone is 2. The number of hydrogen-bond acceptors (Lipinski definition) is 5. The Morgan fingerprint density at radius 3 is 2.39 bits per heavy atom. The average molecular weight is 377 g/mol. The Hall–Kier alpha value is -3.08. The van der Waals surface area contributed by atoms with E-state index in [1.54, 1.807) is 12.1 Å². The van der Waals surface area contributed by atoms with Crippen molar-refractivity contribution in [2.24, 2.45) is 5.92 Å². The smallest absolute Gasteiger partial charge is 0.338 e. The van der Waals surface area contributed by atoms with Gasteiger partial charge in [0.05, 0.1) is 31.4 Å². The van der Waals surface area contributed by atoms with E-state index in [1.807, 2.05) is 31.2 Å². The molecule has 0 aromatic heterocycles.